The van der Waals surface area contributed by atoms with Crippen molar-refractivity contribution < 1.29 is 18.3 Å². The van der Waals surface area contributed by atoms with Crippen molar-refractivity contribution in [2.75, 3.05) is 24.3 Å². The largest absolute Gasteiger partial charge is 0.480 e. The Morgan fingerprint density at radius 3 is 2.62 bits per heavy atom. The van der Waals surface area contributed by atoms with Gasteiger partial charge in [-0.25, -0.2) is 22.9 Å². The zero-order valence-electron chi connectivity index (χ0n) is 11.8. The molecule has 114 valence electrons. The fourth-order valence-corrected chi connectivity index (χ4v) is 2.91. The van der Waals surface area contributed by atoms with Crippen molar-refractivity contribution in [3.63, 3.8) is 0 Å². The van der Waals surface area contributed by atoms with Gasteiger partial charge in [0.05, 0.1) is 5.69 Å². The van der Waals surface area contributed by atoms with Gasteiger partial charge in [0.25, 0.3) is 10.0 Å². The second-order valence-electron chi connectivity index (χ2n) is 4.80. The lowest BCUT2D eigenvalue weighted by Gasteiger charge is -2.23. The first-order valence-corrected chi connectivity index (χ1v) is 7.61. The summed E-state index contributed by atoms with van der Waals surface area (Å²) in [5.74, 6) is -1.24. The molecule has 9 heteroatoms. The van der Waals surface area contributed by atoms with Crippen LogP contribution >= 0.6 is 0 Å². The average Bonchev–Trinajstić information content (AvgIpc) is 2.37. The van der Waals surface area contributed by atoms with Crippen LogP contribution in [0, 0.1) is 0 Å². The summed E-state index contributed by atoms with van der Waals surface area (Å²) in [6.45, 7) is 1.36. The zero-order chi connectivity index (χ0) is 15.8. The Morgan fingerprint density at radius 1 is 1.38 bits per heavy atom. The lowest BCUT2D eigenvalue weighted by molar-refractivity contribution is -0.137. The standard InChI is InChI=1S/C12H16N4O4S/c1-7(11(17)18)13-12-14-9-5-4-8(16(2)3)6-10(9)21(19,20)15-12/h4-7H,1-3H3,(H,17,18)(H2,13,14,15). The predicted octanol–water partition coefficient (Wildman–Crippen LogP) is 0.285. The molecule has 0 saturated heterocycles. The predicted molar refractivity (Wildman–Crippen MR) is 79.2 cm³/mol. The van der Waals surface area contributed by atoms with Gasteiger partial charge in [0, 0.05) is 19.8 Å². The SMILES string of the molecule is CC(N=C1Nc2ccc(N(C)C)cc2S(=O)(=O)N1)C(=O)O. The van der Waals surface area contributed by atoms with Crippen molar-refractivity contribution in [1.82, 2.24) is 4.72 Å². The zero-order valence-corrected chi connectivity index (χ0v) is 12.6. The summed E-state index contributed by atoms with van der Waals surface area (Å²) in [6.07, 6.45) is 0. The van der Waals surface area contributed by atoms with Gasteiger partial charge in [-0.15, -0.1) is 0 Å². The highest BCUT2D eigenvalue weighted by atomic mass is 32.2. The molecule has 1 aliphatic heterocycles. The lowest BCUT2D eigenvalue weighted by atomic mass is 10.2. The Labute approximate surface area is 122 Å². The van der Waals surface area contributed by atoms with E-state index in [-0.39, 0.29) is 10.9 Å². The Bertz CT molecular complexity index is 712. The first kappa shape index (κ1) is 15.1. The molecular formula is C12H16N4O4S. The number of nitrogens with one attached hydrogen (secondary N) is 2. The molecule has 1 unspecified atom stereocenters. The number of carboxylic acids is 1. The van der Waals surface area contributed by atoms with E-state index in [9.17, 15) is 13.2 Å². The lowest BCUT2D eigenvalue weighted by Crippen LogP contribution is -2.42. The van der Waals surface area contributed by atoms with E-state index in [0.717, 1.165) is 5.69 Å². The van der Waals surface area contributed by atoms with Crippen molar-refractivity contribution in [3.8, 4) is 0 Å². The fourth-order valence-electron chi connectivity index (χ4n) is 1.76. The number of benzene rings is 1. The van der Waals surface area contributed by atoms with Crippen LogP contribution in [-0.2, 0) is 14.8 Å². The van der Waals surface area contributed by atoms with Crippen molar-refractivity contribution in [1.29, 1.82) is 0 Å². The highest BCUT2D eigenvalue weighted by molar-refractivity contribution is 7.90. The van der Waals surface area contributed by atoms with Gasteiger partial charge in [-0.3, -0.25) is 0 Å². The molecule has 0 radical (unpaired) electrons. The molecule has 3 N–H and O–H groups in total. The summed E-state index contributed by atoms with van der Waals surface area (Å²) < 4.78 is 26.7. The molecule has 1 heterocycles. The first-order valence-electron chi connectivity index (χ1n) is 6.12. The third-order valence-electron chi connectivity index (χ3n) is 2.94. The van der Waals surface area contributed by atoms with Gasteiger partial charge in [-0.1, -0.05) is 0 Å². The molecule has 1 aromatic rings. The molecule has 0 bridgehead atoms. The van der Waals surface area contributed by atoms with E-state index < -0.39 is 22.0 Å². The number of sulfonamides is 1. The van der Waals surface area contributed by atoms with Crippen molar-refractivity contribution in [2.24, 2.45) is 4.99 Å². The number of carbonyl (C=O) groups is 1. The number of guanidine groups is 1. The fraction of sp³-hybridized carbons (Fsp3) is 0.333. The Balaban J connectivity index is 2.44. The quantitative estimate of drug-likeness (QED) is 0.739. The van der Waals surface area contributed by atoms with Gasteiger partial charge in [-0.05, 0) is 25.1 Å². The smallest absolute Gasteiger partial charge is 0.328 e. The minimum Gasteiger partial charge on any atom is -0.480 e. The summed E-state index contributed by atoms with van der Waals surface area (Å²) in [7, 11) is -0.171. The van der Waals surface area contributed by atoms with Crippen molar-refractivity contribution >= 4 is 33.3 Å². The molecule has 1 atom stereocenters. The number of aliphatic carboxylic acids is 1. The molecule has 1 aliphatic rings. The van der Waals surface area contributed by atoms with Crippen LogP contribution in [0.15, 0.2) is 28.1 Å². The van der Waals surface area contributed by atoms with E-state index in [1.165, 1.54) is 13.0 Å². The number of hydrogen-bond donors (Lipinski definition) is 3. The van der Waals surface area contributed by atoms with Crippen LogP contribution in [0.5, 0.6) is 0 Å². The van der Waals surface area contributed by atoms with E-state index in [4.69, 9.17) is 5.11 Å². The van der Waals surface area contributed by atoms with Gasteiger partial charge in [0.2, 0.25) is 5.96 Å². The van der Waals surface area contributed by atoms with E-state index >= 15 is 0 Å². The van der Waals surface area contributed by atoms with Crippen LogP contribution in [0.4, 0.5) is 11.4 Å². The van der Waals surface area contributed by atoms with Gasteiger partial charge in [0.1, 0.15) is 10.9 Å². The Hall–Kier alpha value is -2.29. The van der Waals surface area contributed by atoms with Gasteiger partial charge < -0.3 is 15.3 Å². The van der Waals surface area contributed by atoms with Crippen LogP contribution in [0.3, 0.4) is 0 Å². The number of fused-ring (bicyclic) bond motifs is 1. The maximum Gasteiger partial charge on any atom is 0.328 e. The Kier molecular flexibility index (Phi) is 3.77. The third kappa shape index (κ3) is 3.07. The second kappa shape index (κ2) is 5.24. The third-order valence-corrected chi connectivity index (χ3v) is 4.31. The summed E-state index contributed by atoms with van der Waals surface area (Å²) in [5, 5.41) is 11.6. The summed E-state index contributed by atoms with van der Waals surface area (Å²) in [4.78, 5) is 16.5. The number of aliphatic imine (C=N–C) groups is 1. The second-order valence-corrected chi connectivity index (χ2v) is 6.45. The number of hydrogen-bond acceptors (Lipinski definition) is 5. The average molecular weight is 312 g/mol. The van der Waals surface area contributed by atoms with E-state index in [0.29, 0.717) is 5.69 Å². The summed E-state index contributed by atoms with van der Waals surface area (Å²) in [5.41, 5.74) is 1.09. The molecular weight excluding hydrogens is 296 g/mol. The van der Waals surface area contributed by atoms with Crippen LogP contribution in [0.25, 0.3) is 0 Å². The molecule has 0 spiro atoms. The normalized spacial score (nSPS) is 19.1. The van der Waals surface area contributed by atoms with Gasteiger partial charge in [0.15, 0.2) is 0 Å². The van der Waals surface area contributed by atoms with E-state index in [1.807, 2.05) is 0 Å². The first-order chi connectivity index (χ1) is 9.70. The topological polar surface area (TPSA) is 111 Å². The highest BCUT2D eigenvalue weighted by Crippen LogP contribution is 2.28. The number of carboxylic acid groups (broad SMARTS) is 1. The van der Waals surface area contributed by atoms with E-state index in [1.54, 1.807) is 31.1 Å². The molecule has 1 aromatic carbocycles. The summed E-state index contributed by atoms with van der Waals surface area (Å²) in [6, 6.07) is 3.84. The summed E-state index contributed by atoms with van der Waals surface area (Å²) >= 11 is 0. The number of anilines is 2. The van der Waals surface area contributed by atoms with Crippen LogP contribution in [0.1, 0.15) is 6.92 Å². The maximum atomic E-state index is 12.2. The molecule has 0 saturated carbocycles. The monoisotopic (exact) mass is 312 g/mol. The molecule has 2 rings (SSSR count). The highest BCUT2D eigenvalue weighted by Gasteiger charge is 2.28. The molecule has 0 amide bonds. The van der Waals surface area contributed by atoms with E-state index in [2.05, 4.69) is 15.0 Å². The van der Waals surface area contributed by atoms with Crippen molar-refractivity contribution in [3.05, 3.63) is 18.2 Å². The Morgan fingerprint density at radius 2 is 2.05 bits per heavy atom. The van der Waals surface area contributed by atoms with Gasteiger partial charge in [-0.2, -0.15) is 0 Å². The van der Waals surface area contributed by atoms with Crippen LogP contribution in [0.2, 0.25) is 0 Å². The molecule has 0 fully saturated rings. The minimum atomic E-state index is -3.78. The van der Waals surface area contributed by atoms with Crippen molar-refractivity contribution in [2.45, 2.75) is 17.9 Å². The van der Waals surface area contributed by atoms with Crippen LogP contribution < -0.4 is 14.9 Å². The molecule has 21 heavy (non-hydrogen) atoms. The number of nitrogens with zero attached hydrogens (tertiary/aromatic N) is 2. The molecule has 0 aliphatic carbocycles. The number of rotatable bonds is 3. The minimum absolute atomic E-state index is 0.0932. The van der Waals surface area contributed by atoms with Crippen LogP contribution in [-0.4, -0.2) is 45.6 Å². The molecule has 8 nitrogen and oxygen atoms in total. The van der Waals surface area contributed by atoms with Gasteiger partial charge >= 0.3 is 5.97 Å². The molecule has 0 aromatic heterocycles. The maximum absolute atomic E-state index is 12.2.